The molecule has 0 atom stereocenters. The molecule has 2 aromatic rings. The SMILES string of the molecule is CCCOc1cccc(N2CCN(CCCN3C(=O)CCc4c(Cl)cccc43)CC2)c1. The molecule has 0 saturated carbocycles. The van der Waals surface area contributed by atoms with Gasteiger partial charge in [0.05, 0.1) is 6.61 Å². The minimum Gasteiger partial charge on any atom is -0.494 e. The lowest BCUT2D eigenvalue weighted by Crippen LogP contribution is -2.47. The summed E-state index contributed by atoms with van der Waals surface area (Å²) in [5, 5.41) is 0.773. The molecule has 0 aromatic heterocycles. The van der Waals surface area contributed by atoms with Gasteiger partial charge in [-0.2, -0.15) is 0 Å². The van der Waals surface area contributed by atoms with Gasteiger partial charge in [0, 0.05) is 61.6 Å². The zero-order valence-corrected chi connectivity index (χ0v) is 19.1. The van der Waals surface area contributed by atoms with E-state index in [-0.39, 0.29) is 5.91 Å². The largest absolute Gasteiger partial charge is 0.494 e. The number of rotatable bonds is 8. The van der Waals surface area contributed by atoms with Crippen LogP contribution in [0, 0.1) is 0 Å². The van der Waals surface area contributed by atoms with Gasteiger partial charge in [-0.05, 0) is 55.6 Å². The molecule has 0 aliphatic carbocycles. The lowest BCUT2D eigenvalue weighted by Gasteiger charge is -2.37. The van der Waals surface area contributed by atoms with Gasteiger partial charge in [0.1, 0.15) is 5.75 Å². The summed E-state index contributed by atoms with van der Waals surface area (Å²) in [5.41, 5.74) is 3.35. The number of fused-ring (bicyclic) bond motifs is 1. The average Bonchev–Trinajstić information content (AvgIpc) is 2.80. The van der Waals surface area contributed by atoms with Crippen molar-refractivity contribution in [3.8, 4) is 5.75 Å². The third-order valence-electron chi connectivity index (χ3n) is 6.16. The second kappa shape index (κ2) is 10.4. The average molecular weight is 442 g/mol. The first kappa shape index (κ1) is 22.0. The molecule has 0 bridgehead atoms. The monoisotopic (exact) mass is 441 g/mol. The number of carbonyl (C=O) groups is 1. The third-order valence-corrected chi connectivity index (χ3v) is 6.51. The fourth-order valence-corrected chi connectivity index (χ4v) is 4.73. The van der Waals surface area contributed by atoms with Gasteiger partial charge in [-0.1, -0.05) is 30.7 Å². The van der Waals surface area contributed by atoms with Crippen LogP contribution in [-0.4, -0.2) is 56.7 Å². The van der Waals surface area contributed by atoms with Gasteiger partial charge in [0.15, 0.2) is 0 Å². The van der Waals surface area contributed by atoms with E-state index < -0.39 is 0 Å². The van der Waals surface area contributed by atoms with Crippen molar-refractivity contribution in [2.45, 2.75) is 32.6 Å². The number of hydrogen-bond donors (Lipinski definition) is 0. The molecule has 0 spiro atoms. The highest BCUT2D eigenvalue weighted by Gasteiger charge is 2.25. The fraction of sp³-hybridized carbons (Fsp3) is 0.480. The van der Waals surface area contributed by atoms with Crippen molar-refractivity contribution >= 4 is 28.9 Å². The van der Waals surface area contributed by atoms with Crippen molar-refractivity contribution in [1.29, 1.82) is 0 Å². The molecule has 0 radical (unpaired) electrons. The van der Waals surface area contributed by atoms with Gasteiger partial charge in [-0.3, -0.25) is 9.69 Å². The Kier molecular flexibility index (Phi) is 7.36. The zero-order chi connectivity index (χ0) is 21.6. The van der Waals surface area contributed by atoms with Gasteiger partial charge in [-0.25, -0.2) is 0 Å². The van der Waals surface area contributed by atoms with E-state index in [4.69, 9.17) is 16.3 Å². The van der Waals surface area contributed by atoms with Gasteiger partial charge >= 0.3 is 0 Å². The van der Waals surface area contributed by atoms with E-state index in [1.54, 1.807) is 0 Å². The van der Waals surface area contributed by atoms with Crippen molar-refractivity contribution in [2.24, 2.45) is 0 Å². The lowest BCUT2D eigenvalue weighted by molar-refractivity contribution is -0.118. The van der Waals surface area contributed by atoms with Crippen molar-refractivity contribution in [2.75, 3.05) is 55.7 Å². The molecule has 166 valence electrons. The molecule has 1 saturated heterocycles. The molecule has 31 heavy (non-hydrogen) atoms. The topological polar surface area (TPSA) is 36.0 Å². The van der Waals surface area contributed by atoms with Crippen molar-refractivity contribution in [1.82, 2.24) is 4.90 Å². The van der Waals surface area contributed by atoms with Crippen LogP contribution in [0.25, 0.3) is 0 Å². The Morgan fingerprint density at radius 2 is 1.81 bits per heavy atom. The number of piperazine rings is 1. The second-order valence-corrected chi connectivity index (χ2v) is 8.72. The molecule has 1 fully saturated rings. The van der Waals surface area contributed by atoms with Crippen molar-refractivity contribution < 1.29 is 9.53 Å². The van der Waals surface area contributed by atoms with E-state index >= 15 is 0 Å². The predicted molar refractivity (Wildman–Crippen MR) is 128 cm³/mol. The molecule has 0 N–H and O–H groups in total. The minimum atomic E-state index is 0.213. The number of anilines is 2. The quantitative estimate of drug-likeness (QED) is 0.598. The van der Waals surface area contributed by atoms with Crippen LogP contribution in [0.15, 0.2) is 42.5 Å². The van der Waals surface area contributed by atoms with Crippen LogP contribution < -0.4 is 14.5 Å². The summed E-state index contributed by atoms with van der Waals surface area (Å²) in [7, 11) is 0. The van der Waals surface area contributed by atoms with Gasteiger partial charge in [0.25, 0.3) is 0 Å². The summed E-state index contributed by atoms with van der Waals surface area (Å²) >= 11 is 6.35. The lowest BCUT2D eigenvalue weighted by atomic mass is 10.0. The van der Waals surface area contributed by atoms with Gasteiger partial charge in [0.2, 0.25) is 5.91 Å². The maximum Gasteiger partial charge on any atom is 0.227 e. The summed E-state index contributed by atoms with van der Waals surface area (Å²) < 4.78 is 5.78. The highest BCUT2D eigenvalue weighted by Crippen LogP contribution is 2.33. The molecular formula is C25H32ClN3O2. The normalized spacial score (nSPS) is 17.0. The van der Waals surface area contributed by atoms with Crippen molar-refractivity contribution in [3.05, 3.63) is 53.1 Å². The molecule has 5 nitrogen and oxygen atoms in total. The molecule has 2 heterocycles. The maximum atomic E-state index is 12.5. The number of halogens is 1. The molecule has 2 aliphatic heterocycles. The molecular weight excluding hydrogens is 410 g/mol. The Balaban J connectivity index is 1.26. The van der Waals surface area contributed by atoms with E-state index in [9.17, 15) is 4.79 Å². The van der Waals surface area contributed by atoms with Crippen LogP contribution in [0.5, 0.6) is 5.75 Å². The van der Waals surface area contributed by atoms with Crippen LogP contribution in [-0.2, 0) is 11.2 Å². The highest BCUT2D eigenvalue weighted by molar-refractivity contribution is 6.32. The first-order valence-corrected chi connectivity index (χ1v) is 11.8. The predicted octanol–water partition coefficient (Wildman–Crippen LogP) is 4.62. The fourth-order valence-electron chi connectivity index (χ4n) is 4.47. The maximum absolute atomic E-state index is 12.5. The molecule has 0 unspecified atom stereocenters. The summed E-state index contributed by atoms with van der Waals surface area (Å²) in [6, 6.07) is 14.3. The summed E-state index contributed by atoms with van der Waals surface area (Å²) in [6.45, 7) is 8.74. The molecule has 6 heteroatoms. The number of benzene rings is 2. The Morgan fingerprint density at radius 3 is 2.61 bits per heavy atom. The van der Waals surface area contributed by atoms with Gasteiger partial charge < -0.3 is 14.5 Å². The zero-order valence-electron chi connectivity index (χ0n) is 18.4. The molecule has 2 aliphatic rings. The smallest absolute Gasteiger partial charge is 0.227 e. The number of hydrogen-bond acceptors (Lipinski definition) is 4. The Labute approximate surface area is 190 Å². The first-order valence-electron chi connectivity index (χ1n) is 11.4. The third kappa shape index (κ3) is 5.34. The van der Waals surface area contributed by atoms with Crippen LogP contribution in [0.2, 0.25) is 5.02 Å². The Bertz CT molecular complexity index is 896. The van der Waals surface area contributed by atoms with E-state index in [0.717, 1.165) is 87.2 Å². The Morgan fingerprint density at radius 1 is 1.00 bits per heavy atom. The summed E-state index contributed by atoms with van der Waals surface area (Å²) in [5.74, 6) is 1.16. The second-order valence-electron chi connectivity index (χ2n) is 8.31. The van der Waals surface area contributed by atoms with Crippen LogP contribution in [0.4, 0.5) is 11.4 Å². The Hall–Kier alpha value is -2.24. The standard InChI is InChI=1S/C25H32ClN3O2/c1-2-18-31-21-7-3-6-20(19-21)28-16-14-27(15-17-28)12-5-13-29-24-9-4-8-23(26)22(24)10-11-25(29)30/h3-4,6-9,19H,2,5,10-18H2,1H3. The van der Waals surface area contributed by atoms with E-state index in [1.165, 1.54) is 5.69 Å². The van der Waals surface area contributed by atoms with Crippen LogP contribution in [0.3, 0.4) is 0 Å². The molecule has 4 rings (SSSR count). The number of nitrogens with zero attached hydrogens (tertiary/aromatic N) is 3. The van der Waals surface area contributed by atoms with Crippen LogP contribution in [0.1, 0.15) is 31.7 Å². The molecule has 2 aromatic carbocycles. The van der Waals surface area contributed by atoms with Crippen molar-refractivity contribution in [3.63, 3.8) is 0 Å². The van der Waals surface area contributed by atoms with E-state index in [2.05, 4.69) is 34.9 Å². The summed E-state index contributed by atoms with van der Waals surface area (Å²) in [4.78, 5) is 19.4. The molecule has 1 amide bonds. The van der Waals surface area contributed by atoms with Gasteiger partial charge in [-0.15, -0.1) is 0 Å². The number of ether oxygens (including phenoxy) is 1. The van der Waals surface area contributed by atoms with Crippen LogP contribution >= 0.6 is 11.6 Å². The first-order chi connectivity index (χ1) is 15.2. The number of amides is 1. The minimum absolute atomic E-state index is 0.213. The summed E-state index contributed by atoms with van der Waals surface area (Å²) in [6.07, 6.45) is 3.29. The highest BCUT2D eigenvalue weighted by atomic mass is 35.5. The van der Waals surface area contributed by atoms with E-state index in [1.807, 2.05) is 29.2 Å². The number of carbonyl (C=O) groups excluding carboxylic acids is 1. The van der Waals surface area contributed by atoms with E-state index in [0.29, 0.717) is 6.42 Å².